The molecule has 28 heavy (non-hydrogen) atoms. The highest BCUT2D eigenvalue weighted by Gasteiger charge is 2.25. The number of fused-ring (bicyclic) bond motifs is 1. The third-order valence-corrected chi connectivity index (χ3v) is 5.05. The van der Waals surface area contributed by atoms with Crippen molar-refractivity contribution in [3.05, 3.63) is 88.6 Å². The Morgan fingerprint density at radius 2 is 1.89 bits per heavy atom. The maximum absolute atomic E-state index is 13.5. The van der Waals surface area contributed by atoms with Crippen molar-refractivity contribution in [2.45, 2.75) is 19.1 Å². The van der Waals surface area contributed by atoms with Crippen LogP contribution < -0.4 is 10.2 Å². The molecular formula is C22H21F2N3O. The predicted molar refractivity (Wildman–Crippen MR) is 105 cm³/mol. The molecule has 0 spiro atoms. The van der Waals surface area contributed by atoms with Gasteiger partial charge in [-0.25, -0.2) is 13.8 Å². The number of nitrogens with one attached hydrogen (secondary N) is 1. The van der Waals surface area contributed by atoms with Crippen LogP contribution in [0.2, 0.25) is 0 Å². The van der Waals surface area contributed by atoms with Crippen LogP contribution in [0.1, 0.15) is 28.5 Å². The van der Waals surface area contributed by atoms with E-state index in [-0.39, 0.29) is 0 Å². The van der Waals surface area contributed by atoms with Gasteiger partial charge in [-0.2, -0.15) is 0 Å². The molecule has 1 aromatic heterocycles. The maximum atomic E-state index is 13.5. The van der Waals surface area contributed by atoms with Crippen molar-refractivity contribution >= 4 is 11.5 Å². The van der Waals surface area contributed by atoms with Crippen LogP contribution in [0.4, 0.5) is 20.3 Å². The molecule has 2 heterocycles. The first-order chi connectivity index (χ1) is 13.5. The molecule has 1 unspecified atom stereocenters. The van der Waals surface area contributed by atoms with Crippen LogP contribution in [0.15, 0.2) is 54.7 Å². The number of nitrogens with zero attached hydrogens (tertiary/aromatic N) is 2. The van der Waals surface area contributed by atoms with E-state index in [4.69, 9.17) is 0 Å². The first-order valence-corrected chi connectivity index (χ1v) is 9.19. The van der Waals surface area contributed by atoms with E-state index in [9.17, 15) is 13.9 Å². The molecule has 1 atom stereocenters. The molecule has 0 aliphatic carbocycles. The van der Waals surface area contributed by atoms with E-state index in [1.807, 2.05) is 30.3 Å². The SMILES string of the molecule is CNC(O)c1cccc2c1CCN2c1cc(Cc2cc(F)cc(F)c2)ccn1. The van der Waals surface area contributed by atoms with Gasteiger partial charge in [0, 0.05) is 30.1 Å². The van der Waals surface area contributed by atoms with Crippen LogP contribution in [-0.4, -0.2) is 23.7 Å². The molecule has 0 saturated carbocycles. The molecule has 2 N–H and O–H groups in total. The van der Waals surface area contributed by atoms with Gasteiger partial charge in [0.2, 0.25) is 0 Å². The van der Waals surface area contributed by atoms with Crippen LogP contribution in [0.3, 0.4) is 0 Å². The Morgan fingerprint density at radius 1 is 1.11 bits per heavy atom. The van der Waals surface area contributed by atoms with Crippen LogP contribution in [0.5, 0.6) is 0 Å². The maximum Gasteiger partial charge on any atom is 0.133 e. The lowest BCUT2D eigenvalue weighted by atomic mass is 10.0. The number of halogens is 2. The molecule has 2 aromatic carbocycles. The van der Waals surface area contributed by atoms with Gasteiger partial charge in [-0.15, -0.1) is 0 Å². The highest BCUT2D eigenvalue weighted by atomic mass is 19.1. The number of rotatable bonds is 5. The first-order valence-electron chi connectivity index (χ1n) is 9.19. The standard InChI is InChI=1S/C22H21F2N3O/c1-25-22(28)19-3-2-4-20-18(19)6-8-27(20)21-12-14(5-7-26-21)9-15-10-16(23)13-17(24)11-15/h2-5,7,10-13,22,25,28H,6,8-9H2,1H3. The second-order valence-electron chi connectivity index (χ2n) is 6.91. The fourth-order valence-corrected chi connectivity index (χ4v) is 3.78. The molecule has 4 rings (SSSR count). The minimum absolute atomic E-state index is 0.420. The Balaban J connectivity index is 1.63. The van der Waals surface area contributed by atoms with Gasteiger partial charge in [-0.3, -0.25) is 5.32 Å². The Labute approximate surface area is 162 Å². The van der Waals surface area contributed by atoms with Crippen molar-refractivity contribution in [2.75, 3.05) is 18.5 Å². The highest BCUT2D eigenvalue weighted by molar-refractivity contribution is 5.69. The van der Waals surface area contributed by atoms with Crippen molar-refractivity contribution in [3.8, 4) is 0 Å². The molecule has 0 amide bonds. The Kier molecular flexibility index (Phi) is 5.07. The zero-order valence-electron chi connectivity index (χ0n) is 15.5. The van der Waals surface area contributed by atoms with E-state index in [2.05, 4.69) is 15.2 Å². The van der Waals surface area contributed by atoms with E-state index >= 15 is 0 Å². The van der Waals surface area contributed by atoms with Crippen molar-refractivity contribution in [3.63, 3.8) is 0 Å². The summed E-state index contributed by atoms with van der Waals surface area (Å²) in [7, 11) is 1.72. The monoisotopic (exact) mass is 381 g/mol. The summed E-state index contributed by atoms with van der Waals surface area (Å²) in [6.45, 7) is 0.758. The second-order valence-corrected chi connectivity index (χ2v) is 6.91. The molecular weight excluding hydrogens is 360 g/mol. The number of aromatic nitrogens is 1. The van der Waals surface area contributed by atoms with E-state index in [0.29, 0.717) is 12.0 Å². The fraction of sp³-hybridized carbons (Fsp3) is 0.227. The van der Waals surface area contributed by atoms with Crippen LogP contribution in [0, 0.1) is 11.6 Å². The third-order valence-electron chi connectivity index (χ3n) is 5.05. The number of hydrogen-bond acceptors (Lipinski definition) is 4. The van der Waals surface area contributed by atoms with Gasteiger partial charge in [-0.05, 0) is 66.9 Å². The zero-order chi connectivity index (χ0) is 19.7. The summed E-state index contributed by atoms with van der Waals surface area (Å²) in [5, 5.41) is 13.1. The number of benzene rings is 2. The summed E-state index contributed by atoms with van der Waals surface area (Å²) in [5.74, 6) is -0.369. The topological polar surface area (TPSA) is 48.4 Å². The van der Waals surface area contributed by atoms with Gasteiger partial charge in [0.05, 0.1) is 0 Å². The van der Waals surface area contributed by atoms with Crippen molar-refractivity contribution < 1.29 is 13.9 Å². The van der Waals surface area contributed by atoms with Crippen molar-refractivity contribution in [1.29, 1.82) is 0 Å². The van der Waals surface area contributed by atoms with Gasteiger partial charge in [0.15, 0.2) is 0 Å². The normalized spacial score (nSPS) is 14.2. The Morgan fingerprint density at radius 3 is 2.64 bits per heavy atom. The van der Waals surface area contributed by atoms with Gasteiger partial charge in [0.1, 0.15) is 23.7 Å². The molecule has 4 nitrogen and oxygen atoms in total. The number of aliphatic hydroxyl groups is 1. The highest BCUT2D eigenvalue weighted by Crippen LogP contribution is 2.37. The minimum atomic E-state index is -0.711. The van der Waals surface area contributed by atoms with Gasteiger partial charge in [0.25, 0.3) is 0 Å². The Bertz CT molecular complexity index is 989. The molecule has 3 aromatic rings. The summed E-state index contributed by atoms with van der Waals surface area (Å²) < 4.78 is 26.9. The lowest BCUT2D eigenvalue weighted by molar-refractivity contribution is 0.148. The van der Waals surface area contributed by atoms with Crippen LogP contribution in [0.25, 0.3) is 0 Å². The van der Waals surface area contributed by atoms with Gasteiger partial charge < -0.3 is 10.0 Å². The fourth-order valence-electron chi connectivity index (χ4n) is 3.78. The summed E-state index contributed by atoms with van der Waals surface area (Å²) in [4.78, 5) is 6.60. The van der Waals surface area contributed by atoms with E-state index in [0.717, 1.165) is 47.2 Å². The quantitative estimate of drug-likeness (QED) is 0.659. The third kappa shape index (κ3) is 3.61. The summed E-state index contributed by atoms with van der Waals surface area (Å²) in [6.07, 6.45) is 2.23. The zero-order valence-corrected chi connectivity index (χ0v) is 15.5. The summed E-state index contributed by atoms with van der Waals surface area (Å²) in [5.41, 5.74) is 4.50. The van der Waals surface area contributed by atoms with Crippen LogP contribution >= 0.6 is 0 Å². The number of anilines is 2. The lowest BCUT2D eigenvalue weighted by Gasteiger charge is -2.20. The second kappa shape index (κ2) is 7.66. The summed E-state index contributed by atoms with van der Waals surface area (Å²) >= 11 is 0. The van der Waals surface area contributed by atoms with Crippen molar-refractivity contribution in [1.82, 2.24) is 10.3 Å². The lowest BCUT2D eigenvalue weighted by Crippen LogP contribution is -2.17. The van der Waals surface area contributed by atoms with E-state index in [1.54, 1.807) is 13.2 Å². The molecule has 1 aliphatic rings. The molecule has 144 valence electrons. The predicted octanol–water partition coefficient (Wildman–Crippen LogP) is 3.86. The molecule has 0 radical (unpaired) electrons. The molecule has 6 heteroatoms. The van der Waals surface area contributed by atoms with Gasteiger partial charge >= 0.3 is 0 Å². The van der Waals surface area contributed by atoms with Crippen LogP contribution in [-0.2, 0) is 12.8 Å². The first kappa shape index (κ1) is 18.5. The number of pyridine rings is 1. The van der Waals surface area contributed by atoms with E-state index in [1.165, 1.54) is 12.1 Å². The average molecular weight is 381 g/mol. The number of aliphatic hydroxyl groups excluding tert-OH is 1. The molecule has 0 saturated heterocycles. The summed E-state index contributed by atoms with van der Waals surface area (Å²) in [6, 6.07) is 13.2. The molecule has 0 fully saturated rings. The minimum Gasteiger partial charge on any atom is -0.374 e. The molecule has 0 bridgehead atoms. The largest absolute Gasteiger partial charge is 0.374 e. The Hall–Kier alpha value is -2.83. The number of hydrogen-bond donors (Lipinski definition) is 2. The average Bonchev–Trinajstić information content (AvgIpc) is 3.11. The van der Waals surface area contributed by atoms with E-state index < -0.39 is 17.9 Å². The van der Waals surface area contributed by atoms with Crippen molar-refractivity contribution in [2.24, 2.45) is 0 Å². The van der Waals surface area contributed by atoms with Gasteiger partial charge in [-0.1, -0.05) is 12.1 Å². The molecule has 1 aliphatic heterocycles. The smallest absolute Gasteiger partial charge is 0.133 e.